The molecule has 332 valence electrons. The van der Waals surface area contributed by atoms with Crippen molar-refractivity contribution < 1.29 is 42.1 Å². The molecule has 57 heavy (non-hydrogen) atoms. The fraction of sp³-hybridized carbons (Fsp3) is 0.787. The van der Waals surface area contributed by atoms with Gasteiger partial charge in [0.15, 0.2) is 6.10 Å². The number of likely N-dealkylation sites (N-methyl/N-ethyl adjacent to an activating group) is 1. The van der Waals surface area contributed by atoms with Crippen molar-refractivity contribution in [2.75, 3.05) is 47.5 Å². The van der Waals surface area contributed by atoms with Crippen LogP contribution in [0.5, 0.6) is 0 Å². The Labute approximate surface area is 350 Å². The third kappa shape index (κ3) is 43.4. The summed E-state index contributed by atoms with van der Waals surface area (Å²) in [5.41, 5.74) is 0. The molecule has 0 aromatic heterocycles. The van der Waals surface area contributed by atoms with E-state index < -0.39 is 26.5 Å². The van der Waals surface area contributed by atoms with E-state index in [-0.39, 0.29) is 32.0 Å². The molecule has 0 aromatic rings. The molecule has 0 amide bonds. The van der Waals surface area contributed by atoms with Gasteiger partial charge in [-0.2, -0.15) is 0 Å². The van der Waals surface area contributed by atoms with Crippen molar-refractivity contribution in [3.8, 4) is 0 Å². The molecule has 0 bridgehead atoms. The zero-order chi connectivity index (χ0) is 42.1. The Balaban J connectivity index is 4.24. The van der Waals surface area contributed by atoms with Gasteiger partial charge in [-0.05, 0) is 51.4 Å². The van der Waals surface area contributed by atoms with Crippen LogP contribution in [0.4, 0.5) is 0 Å². The third-order valence-electron chi connectivity index (χ3n) is 9.62. The van der Waals surface area contributed by atoms with Gasteiger partial charge in [0.1, 0.15) is 19.8 Å². The van der Waals surface area contributed by atoms with Gasteiger partial charge in [0.2, 0.25) is 0 Å². The minimum absolute atomic E-state index is 0.0306. The van der Waals surface area contributed by atoms with Crippen molar-refractivity contribution in [2.24, 2.45) is 0 Å². The first-order chi connectivity index (χ1) is 27.5. The lowest BCUT2D eigenvalue weighted by Crippen LogP contribution is -2.37. The Bertz CT molecular complexity index is 1110. The first kappa shape index (κ1) is 55.0. The Hall–Kier alpha value is -2.03. The minimum Gasteiger partial charge on any atom is -0.462 e. The number of hydrogen-bond donors (Lipinski definition) is 1. The summed E-state index contributed by atoms with van der Waals surface area (Å²) in [6.07, 6.45) is 45.9. The van der Waals surface area contributed by atoms with Crippen molar-refractivity contribution in [2.45, 2.75) is 193 Å². The number of unbranched alkanes of at least 4 members (excludes halogenated alkanes) is 19. The molecule has 0 saturated carbocycles. The quantitative estimate of drug-likeness (QED) is 0.0213. The number of quaternary nitrogens is 1. The van der Waals surface area contributed by atoms with E-state index in [0.29, 0.717) is 17.4 Å². The number of nitrogens with zero attached hydrogens (tertiary/aromatic N) is 1. The van der Waals surface area contributed by atoms with Gasteiger partial charge in [0, 0.05) is 12.8 Å². The largest absolute Gasteiger partial charge is 0.472 e. The van der Waals surface area contributed by atoms with E-state index >= 15 is 0 Å². The number of carbonyl (C=O) groups is 2. The molecule has 10 heteroatoms. The van der Waals surface area contributed by atoms with Crippen molar-refractivity contribution in [1.82, 2.24) is 0 Å². The number of ether oxygens (including phenoxy) is 2. The van der Waals surface area contributed by atoms with E-state index in [4.69, 9.17) is 18.5 Å². The third-order valence-corrected chi connectivity index (χ3v) is 10.6. The topological polar surface area (TPSA) is 108 Å². The molecule has 0 radical (unpaired) electrons. The molecule has 2 unspecified atom stereocenters. The molecular weight excluding hydrogens is 737 g/mol. The van der Waals surface area contributed by atoms with Crippen LogP contribution in [0.25, 0.3) is 0 Å². The highest BCUT2D eigenvalue weighted by Gasteiger charge is 2.27. The van der Waals surface area contributed by atoms with Gasteiger partial charge in [-0.1, -0.05) is 172 Å². The van der Waals surface area contributed by atoms with Crippen molar-refractivity contribution in [1.29, 1.82) is 0 Å². The zero-order valence-electron chi connectivity index (χ0n) is 37.3. The number of phosphoric ester groups is 1. The van der Waals surface area contributed by atoms with Crippen molar-refractivity contribution in [3.05, 3.63) is 48.6 Å². The van der Waals surface area contributed by atoms with Crippen LogP contribution in [0.3, 0.4) is 0 Å². The predicted molar refractivity (Wildman–Crippen MR) is 238 cm³/mol. The number of allylic oxidation sites excluding steroid dienone is 8. The summed E-state index contributed by atoms with van der Waals surface area (Å²) in [5, 5.41) is 0. The highest BCUT2D eigenvalue weighted by Crippen LogP contribution is 2.43. The normalized spacial score (nSPS) is 14.0. The van der Waals surface area contributed by atoms with E-state index in [1.54, 1.807) is 0 Å². The second kappa shape index (κ2) is 39.4. The molecule has 0 aliphatic rings. The molecule has 9 nitrogen and oxygen atoms in total. The van der Waals surface area contributed by atoms with Gasteiger partial charge in [-0.25, -0.2) is 4.57 Å². The summed E-state index contributed by atoms with van der Waals surface area (Å²) in [6, 6.07) is 0. The molecule has 0 rings (SSSR count). The number of rotatable bonds is 41. The van der Waals surface area contributed by atoms with Crippen LogP contribution < -0.4 is 0 Å². The maximum Gasteiger partial charge on any atom is 0.472 e. The van der Waals surface area contributed by atoms with E-state index in [1.807, 2.05) is 21.1 Å². The van der Waals surface area contributed by atoms with Crippen LogP contribution in [-0.4, -0.2) is 74.9 Å². The van der Waals surface area contributed by atoms with Crippen LogP contribution in [0.1, 0.15) is 187 Å². The van der Waals surface area contributed by atoms with E-state index in [0.717, 1.165) is 70.6 Å². The molecule has 2 atom stereocenters. The lowest BCUT2D eigenvalue weighted by molar-refractivity contribution is -0.870. The standard InChI is InChI=1S/C47H86NO8P/c1-6-8-10-12-14-16-18-19-20-21-22-23-24-25-26-27-28-29-30-32-34-36-38-40-47(50)56-45(44-55-57(51,52)54-42-41-48(3,4)5)43-53-46(49)39-37-35-33-31-17-15-13-11-9-7-2/h8,10,14,16,19-20,22-23,45H,6-7,9,11-13,15,17-18,21,24-44H2,1-5H3/p+1/b10-8-,16-14-,20-19-,23-22-. The van der Waals surface area contributed by atoms with Gasteiger partial charge < -0.3 is 18.9 Å². The van der Waals surface area contributed by atoms with E-state index in [9.17, 15) is 19.0 Å². The van der Waals surface area contributed by atoms with Crippen LogP contribution in [-0.2, 0) is 32.7 Å². The number of hydrogen-bond acceptors (Lipinski definition) is 7. The van der Waals surface area contributed by atoms with E-state index in [2.05, 4.69) is 62.5 Å². The molecule has 0 saturated heterocycles. The smallest absolute Gasteiger partial charge is 0.462 e. The Kier molecular flexibility index (Phi) is 38.0. The average Bonchev–Trinajstić information content (AvgIpc) is 3.16. The molecule has 0 aliphatic carbocycles. The Morgan fingerprint density at radius 2 is 1.00 bits per heavy atom. The average molecular weight is 825 g/mol. The van der Waals surface area contributed by atoms with Crippen LogP contribution in [0, 0.1) is 0 Å². The summed E-state index contributed by atoms with van der Waals surface area (Å²) in [5.74, 6) is -0.804. The van der Waals surface area contributed by atoms with Crippen LogP contribution in [0.2, 0.25) is 0 Å². The Morgan fingerprint density at radius 3 is 1.49 bits per heavy atom. The first-order valence-corrected chi connectivity index (χ1v) is 24.4. The van der Waals surface area contributed by atoms with Crippen molar-refractivity contribution in [3.63, 3.8) is 0 Å². The number of carbonyl (C=O) groups excluding carboxylic acids is 2. The summed E-state index contributed by atoms with van der Waals surface area (Å²) in [7, 11) is 1.47. The lowest BCUT2D eigenvalue weighted by Gasteiger charge is -2.24. The summed E-state index contributed by atoms with van der Waals surface area (Å²) in [6.45, 7) is 4.29. The zero-order valence-corrected chi connectivity index (χ0v) is 38.2. The molecule has 0 heterocycles. The van der Waals surface area contributed by atoms with Crippen LogP contribution in [0.15, 0.2) is 48.6 Å². The van der Waals surface area contributed by atoms with E-state index in [1.165, 1.54) is 83.5 Å². The maximum absolute atomic E-state index is 12.7. The van der Waals surface area contributed by atoms with Gasteiger partial charge in [-0.3, -0.25) is 18.6 Å². The minimum atomic E-state index is -4.37. The molecule has 0 fully saturated rings. The first-order valence-electron chi connectivity index (χ1n) is 22.9. The van der Waals surface area contributed by atoms with Gasteiger partial charge in [0.05, 0.1) is 27.7 Å². The SMILES string of the molecule is CC/C=C\C/C=C\C/C=C\C/C=C\CCCCCCCCCCCCC(=O)OC(COC(=O)CCCCCCCCCCCC)COP(=O)(O)OCC[N+](C)(C)C. The molecule has 0 aromatic carbocycles. The van der Waals surface area contributed by atoms with Gasteiger partial charge in [-0.15, -0.1) is 0 Å². The highest BCUT2D eigenvalue weighted by atomic mass is 31.2. The predicted octanol–water partition coefficient (Wildman–Crippen LogP) is 13.1. The van der Waals surface area contributed by atoms with Crippen LogP contribution >= 0.6 is 7.82 Å². The summed E-state index contributed by atoms with van der Waals surface area (Å²) < 4.78 is 34.3. The Morgan fingerprint density at radius 1 is 0.561 bits per heavy atom. The molecular formula is C47H87NO8P+. The second-order valence-electron chi connectivity index (χ2n) is 16.4. The number of phosphoric acid groups is 1. The second-order valence-corrected chi connectivity index (χ2v) is 17.9. The summed E-state index contributed by atoms with van der Waals surface area (Å²) in [4.78, 5) is 35.3. The van der Waals surface area contributed by atoms with Crippen molar-refractivity contribution >= 4 is 19.8 Å². The summed E-state index contributed by atoms with van der Waals surface area (Å²) >= 11 is 0. The molecule has 1 N–H and O–H groups in total. The highest BCUT2D eigenvalue weighted by molar-refractivity contribution is 7.47. The maximum atomic E-state index is 12.7. The van der Waals surface area contributed by atoms with Gasteiger partial charge >= 0.3 is 19.8 Å². The van der Waals surface area contributed by atoms with Gasteiger partial charge in [0.25, 0.3) is 0 Å². The fourth-order valence-electron chi connectivity index (χ4n) is 6.06. The fourth-order valence-corrected chi connectivity index (χ4v) is 6.81. The monoisotopic (exact) mass is 825 g/mol. The lowest BCUT2D eigenvalue weighted by atomic mass is 10.0. The molecule has 0 spiro atoms. The number of esters is 2. The molecule has 0 aliphatic heterocycles.